The van der Waals surface area contributed by atoms with E-state index in [1.807, 2.05) is 12.1 Å². The fourth-order valence-electron chi connectivity index (χ4n) is 6.06. The van der Waals surface area contributed by atoms with Crippen molar-refractivity contribution in [2.75, 3.05) is 13.6 Å². The van der Waals surface area contributed by atoms with Crippen LogP contribution >= 0.6 is 0 Å². The maximum absolute atomic E-state index is 10.6. The van der Waals surface area contributed by atoms with E-state index in [1.165, 1.54) is 6.08 Å². The maximum Gasteiger partial charge on any atom is 0.222 e. The minimum atomic E-state index is -2.03. The number of phenolic OH excluding ortho intramolecular Hbond substituents is 1. The van der Waals surface area contributed by atoms with E-state index in [0.717, 1.165) is 24.1 Å². The van der Waals surface area contributed by atoms with E-state index in [0.29, 0.717) is 5.75 Å². The molecule has 0 amide bonds. The number of aromatic hydroxyl groups is 1. The standard InChI is InChI=1S/C19H23NO4/c1-10-11-4-5-12(21)15-14(11)18-8-9-20(3)17(10,2)13(18)6-7-19(22,23)16(18)24-15/h4-7,10,13,16,21-23H,8-9H2,1-3H3/t10?,13-,16+,17+,18-/m0/s1. The molecule has 1 saturated heterocycles. The lowest BCUT2D eigenvalue weighted by Crippen LogP contribution is -2.72. The predicted octanol–water partition coefficient (Wildman–Crippen LogP) is 1.47. The number of piperidine rings is 1. The fourth-order valence-corrected chi connectivity index (χ4v) is 6.06. The Balaban J connectivity index is 1.92. The number of benzene rings is 1. The molecular formula is C19H23NO4. The van der Waals surface area contributed by atoms with Gasteiger partial charge in [0.15, 0.2) is 17.6 Å². The van der Waals surface area contributed by atoms with Crippen LogP contribution in [0.3, 0.4) is 0 Å². The van der Waals surface area contributed by atoms with E-state index in [-0.39, 0.29) is 23.1 Å². The van der Waals surface area contributed by atoms with Gasteiger partial charge in [-0.15, -0.1) is 0 Å². The molecule has 2 aliphatic heterocycles. The van der Waals surface area contributed by atoms with E-state index in [1.54, 1.807) is 6.07 Å². The summed E-state index contributed by atoms with van der Waals surface area (Å²) in [5.41, 5.74) is 1.50. The topological polar surface area (TPSA) is 73.2 Å². The zero-order chi connectivity index (χ0) is 17.1. The second-order valence-electron chi connectivity index (χ2n) is 8.16. The van der Waals surface area contributed by atoms with Crippen molar-refractivity contribution in [2.24, 2.45) is 5.92 Å². The van der Waals surface area contributed by atoms with Crippen molar-refractivity contribution in [3.63, 3.8) is 0 Å². The second kappa shape index (κ2) is 3.98. The number of likely N-dealkylation sites (N-methyl/N-ethyl adjacent to an activating group) is 1. The average molecular weight is 329 g/mol. The molecule has 1 aromatic carbocycles. The molecule has 1 unspecified atom stereocenters. The van der Waals surface area contributed by atoms with Gasteiger partial charge in [-0.1, -0.05) is 19.1 Å². The number of hydrogen-bond donors (Lipinski definition) is 3. The van der Waals surface area contributed by atoms with Crippen molar-refractivity contribution in [3.05, 3.63) is 35.4 Å². The summed E-state index contributed by atoms with van der Waals surface area (Å²) in [6, 6.07) is 3.65. The molecule has 128 valence electrons. The first kappa shape index (κ1) is 14.8. The molecular weight excluding hydrogens is 306 g/mol. The van der Waals surface area contributed by atoms with Crippen LogP contribution in [-0.2, 0) is 5.41 Å². The largest absolute Gasteiger partial charge is 0.504 e. The van der Waals surface area contributed by atoms with Gasteiger partial charge < -0.3 is 20.1 Å². The highest BCUT2D eigenvalue weighted by molar-refractivity contribution is 5.64. The molecule has 4 aliphatic rings. The fraction of sp³-hybridized carbons (Fsp3) is 0.579. The molecule has 5 heteroatoms. The monoisotopic (exact) mass is 329 g/mol. The van der Waals surface area contributed by atoms with Gasteiger partial charge in [0.05, 0.1) is 5.41 Å². The van der Waals surface area contributed by atoms with Gasteiger partial charge in [0, 0.05) is 22.9 Å². The van der Waals surface area contributed by atoms with Gasteiger partial charge in [-0.25, -0.2) is 0 Å². The summed E-state index contributed by atoms with van der Waals surface area (Å²) < 4.78 is 6.03. The van der Waals surface area contributed by atoms with Gasteiger partial charge in [0.2, 0.25) is 5.79 Å². The molecule has 1 aromatic rings. The number of likely N-dealkylation sites (tertiary alicyclic amines) is 1. The third-order valence-electron chi connectivity index (χ3n) is 7.47. The zero-order valence-corrected chi connectivity index (χ0v) is 14.2. The molecule has 2 aliphatic carbocycles. The molecule has 5 atom stereocenters. The van der Waals surface area contributed by atoms with Gasteiger partial charge in [-0.05, 0) is 44.6 Å². The Morgan fingerprint density at radius 1 is 1.29 bits per heavy atom. The molecule has 2 bridgehead atoms. The van der Waals surface area contributed by atoms with Crippen LogP contribution in [-0.4, -0.2) is 51.2 Å². The Bertz CT molecular complexity index is 788. The molecule has 0 radical (unpaired) electrons. The number of hydrogen-bond acceptors (Lipinski definition) is 5. The first-order chi connectivity index (χ1) is 11.2. The lowest BCUT2D eigenvalue weighted by Gasteiger charge is -2.64. The van der Waals surface area contributed by atoms with Crippen LogP contribution in [0.15, 0.2) is 24.3 Å². The van der Waals surface area contributed by atoms with Crippen LogP contribution in [0.1, 0.15) is 37.3 Å². The third kappa shape index (κ3) is 1.29. The Kier molecular flexibility index (Phi) is 2.45. The molecule has 5 rings (SSSR count). The summed E-state index contributed by atoms with van der Waals surface area (Å²) in [4.78, 5) is 2.39. The van der Waals surface area contributed by atoms with Gasteiger partial charge >= 0.3 is 0 Å². The van der Waals surface area contributed by atoms with E-state index in [4.69, 9.17) is 4.74 Å². The Labute approximate surface area is 141 Å². The smallest absolute Gasteiger partial charge is 0.222 e. The summed E-state index contributed by atoms with van der Waals surface area (Å²) in [5, 5.41) is 31.6. The molecule has 1 spiro atoms. The molecule has 2 heterocycles. The van der Waals surface area contributed by atoms with Crippen LogP contribution in [0.25, 0.3) is 0 Å². The van der Waals surface area contributed by atoms with Crippen molar-refractivity contribution >= 4 is 0 Å². The molecule has 0 saturated carbocycles. The third-order valence-corrected chi connectivity index (χ3v) is 7.47. The van der Waals surface area contributed by atoms with Crippen molar-refractivity contribution in [1.82, 2.24) is 4.90 Å². The highest BCUT2D eigenvalue weighted by Gasteiger charge is 2.71. The van der Waals surface area contributed by atoms with Crippen LogP contribution in [0.2, 0.25) is 0 Å². The number of rotatable bonds is 0. The van der Waals surface area contributed by atoms with Crippen LogP contribution in [0, 0.1) is 5.92 Å². The SMILES string of the molecule is CC1c2ccc(O)c3c2[C@]24CCN(C)[C@@]1(C)[C@@H]2C=CC(O)(O)[C@@H]4O3. The van der Waals surface area contributed by atoms with Gasteiger partial charge in [0.1, 0.15) is 0 Å². The van der Waals surface area contributed by atoms with Crippen LogP contribution < -0.4 is 4.74 Å². The molecule has 24 heavy (non-hydrogen) atoms. The van der Waals surface area contributed by atoms with Crippen molar-refractivity contribution in [1.29, 1.82) is 0 Å². The minimum absolute atomic E-state index is 0.0850. The van der Waals surface area contributed by atoms with Crippen LogP contribution in [0.5, 0.6) is 11.5 Å². The quantitative estimate of drug-likeness (QED) is 0.496. The maximum atomic E-state index is 10.6. The highest BCUT2D eigenvalue weighted by Crippen LogP contribution is 2.68. The normalized spacial score (nSPS) is 44.1. The first-order valence-corrected chi connectivity index (χ1v) is 8.63. The Morgan fingerprint density at radius 3 is 2.79 bits per heavy atom. The predicted molar refractivity (Wildman–Crippen MR) is 88.1 cm³/mol. The van der Waals surface area contributed by atoms with Gasteiger partial charge in [-0.2, -0.15) is 0 Å². The Hall–Kier alpha value is -1.56. The molecule has 0 aromatic heterocycles. The van der Waals surface area contributed by atoms with E-state index in [2.05, 4.69) is 25.8 Å². The average Bonchev–Trinajstić information content (AvgIpc) is 2.88. The van der Waals surface area contributed by atoms with Crippen LogP contribution in [0.4, 0.5) is 0 Å². The lowest BCUT2D eigenvalue weighted by molar-refractivity contribution is -0.219. The summed E-state index contributed by atoms with van der Waals surface area (Å²) in [5.74, 6) is -1.16. The van der Waals surface area contributed by atoms with E-state index < -0.39 is 17.3 Å². The number of phenols is 1. The molecule has 3 N–H and O–H groups in total. The summed E-state index contributed by atoms with van der Waals surface area (Å²) in [6.07, 6.45) is 3.42. The Morgan fingerprint density at radius 2 is 2.04 bits per heavy atom. The van der Waals surface area contributed by atoms with E-state index in [9.17, 15) is 15.3 Å². The van der Waals surface area contributed by atoms with Gasteiger partial charge in [-0.3, -0.25) is 4.90 Å². The van der Waals surface area contributed by atoms with Crippen molar-refractivity contribution < 1.29 is 20.1 Å². The summed E-state index contributed by atoms with van der Waals surface area (Å²) in [6.45, 7) is 5.34. The van der Waals surface area contributed by atoms with Gasteiger partial charge in [0.25, 0.3) is 0 Å². The highest BCUT2D eigenvalue weighted by atomic mass is 16.6. The van der Waals surface area contributed by atoms with Crippen molar-refractivity contribution in [2.45, 2.75) is 49.0 Å². The summed E-state index contributed by atoms with van der Waals surface area (Å²) in [7, 11) is 2.15. The lowest BCUT2D eigenvalue weighted by atomic mass is 9.46. The molecule has 1 fully saturated rings. The minimum Gasteiger partial charge on any atom is -0.504 e. The number of aliphatic hydroxyl groups is 2. The van der Waals surface area contributed by atoms with Crippen molar-refractivity contribution in [3.8, 4) is 11.5 Å². The van der Waals surface area contributed by atoms with E-state index >= 15 is 0 Å². The first-order valence-electron chi connectivity index (χ1n) is 8.63. The number of ether oxygens (including phenoxy) is 1. The number of nitrogens with zero attached hydrogens (tertiary/aromatic N) is 1. The molecule has 5 nitrogen and oxygen atoms in total. The summed E-state index contributed by atoms with van der Waals surface area (Å²) >= 11 is 0. The zero-order valence-electron chi connectivity index (χ0n) is 14.2. The second-order valence-corrected chi connectivity index (χ2v) is 8.16.